The Balaban J connectivity index is 0.806. The molecule has 1 aromatic heterocycles. The first-order valence-corrected chi connectivity index (χ1v) is 23.5. The van der Waals surface area contributed by atoms with E-state index in [9.17, 15) is 24.3 Å². The number of aliphatic hydroxyl groups excluding tert-OH is 1. The van der Waals surface area contributed by atoms with Gasteiger partial charge >= 0.3 is 6.09 Å². The fourth-order valence-corrected chi connectivity index (χ4v) is 11.2. The van der Waals surface area contributed by atoms with Gasteiger partial charge in [0.25, 0.3) is 0 Å². The van der Waals surface area contributed by atoms with Gasteiger partial charge in [0.2, 0.25) is 23.5 Å². The Morgan fingerprint density at radius 1 is 1.03 bits per heavy atom. The van der Waals surface area contributed by atoms with E-state index >= 15 is 0 Å². The van der Waals surface area contributed by atoms with Crippen molar-refractivity contribution in [3.63, 3.8) is 0 Å². The molecule has 8 rings (SSSR count). The summed E-state index contributed by atoms with van der Waals surface area (Å²) in [6.45, 7) is 14.8. The summed E-state index contributed by atoms with van der Waals surface area (Å²) in [6, 6.07) is 6.10. The van der Waals surface area contributed by atoms with E-state index < -0.39 is 53.3 Å². The monoisotopic (exact) mass is 881 g/mol. The van der Waals surface area contributed by atoms with Gasteiger partial charge in [-0.2, -0.15) is 0 Å². The van der Waals surface area contributed by atoms with Gasteiger partial charge in [0.1, 0.15) is 12.1 Å². The van der Waals surface area contributed by atoms with E-state index in [0.717, 1.165) is 53.8 Å². The van der Waals surface area contributed by atoms with Crippen LogP contribution in [0, 0.1) is 36.0 Å². The molecule has 2 bridgehead atoms. The summed E-state index contributed by atoms with van der Waals surface area (Å²) in [5.41, 5.74) is 3.47. The topological polar surface area (TPSA) is 187 Å². The maximum Gasteiger partial charge on any atom is 0.407 e. The van der Waals surface area contributed by atoms with Crippen LogP contribution < -0.4 is 16.0 Å². The highest BCUT2D eigenvalue weighted by atomic mass is 32.1. The first-order chi connectivity index (χ1) is 29.5. The van der Waals surface area contributed by atoms with E-state index in [1.165, 1.54) is 4.90 Å². The second-order valence-corrected chi connectivity index (χ2v) is 20.4. The van der Waals surface area contributed by atoms with Gasteiger partial charge in [0.15, 0.2) is 11.9 Å². The molecule has 6 aliphatic rings. The average molecular weight is 882 g/mol. The van der Waals surface area contributed by atoms with Crippen molar-refractivity contribution in [2.75, 3.05) is 19.7 Å². The molecule has 5 saturated heterocycles. The van der Waals surface area contributed by atoms with Crippen molar-refractivity contribution in [2.24, 2.45) is 29.1 Å². The molecular weight excluding hydrogens is 815 g/mol. The molecule has 6 fully saturated rings. The number of carbonyl (C=O) groups is 4. The largest absolute Gasteiger partial charge is 0.450 e. The molecule has 16 heteroatoms. The number of β-amino-alcohol motifs (C(OH)–C–C–N with tert-alkyl or cyclic N) is 1. The molecule has 342 valence electrons. The van der Waals surface area contributed by atoms with Crippen LogP contribution in [0.5, 0.6) is 0 Å². The summed E-state index contributed by atoms with van der Waals surface area (Å²) in [6.07, 6.45) is 4.66. The number of unbranched alkanes of at least 4 members (excludes halogenated alkanes) is 1. The third kappa shape index (κ3) is 10.00. The highest BCUT2D eigenvalue weighted by Crippen LogP contribution is 2.60. The number of alkyl carbamates (subject to hydrolysis) is 1. The van der Waals surface area contributed by atoms with Crippen LogP contribution in [0.25, 0.3) is 10.4 Å². The summed E-state index contributed by atoms with van der Waals surface area (Å²) in [5, 5.41) is 19.2. The molecule has 1 spiro atoms. The van der Waals surface area contributed by atoms with E-state index in [2.05, 4.69) is 34.8 Å². The predicted octanol–water partition coefficient (Wildman–Crippen LogP) is 6.15. The molecule has 1 saturated carbocycles. The molecule has 4 amide bonds. The number of fused-ring (bicyclic) bond motifs is 2. The Hall–Kier alpha value is -3.67. The van der Waals surface area contributed by atoms with Crippen LogP contribution in [0.2, 0.25) is 0 Å². The zero-order valence-corrected chi connectivity index (χ0v) is 38.2. The van der Waals surface area contributed by atoms with E-state index in [1.807, 2.05) is 64.4 Å². The number of nitrogens with one attached hydrogen (secondary N) is 3. The van der Waals surface area contributed by atoms with Crippen molar-refractivity contribution in [2.45, 2.75) is 161 Å². The van der Waals surface area contributed by atoms with E-state index in [4.69, 9.17) is 24.0 Å². The van der Waals surface area contributed by atoms with Crippen LogP contribution in [-0.4, -0.2) is 100 Å². The zero-order chi connectivity index (χ0) is 44.4. The maximum atomic E-state index is 14.0. The van der Waals surface area contributed by atoms with Gasteiger partial charge in [-0.05, 0) is 93.1 Å². The Morgan fingerprint density at radius 3 is 2.53 bits per heavy atom. The minimum atomic E-state index is -0.918. The highest BCUT2D eigenvalue weighted by Gasteiger charge is 2.69. The number of likely N-dealkylation sites (tertiary alicyclic amines) is 1. The SMILES string of the molecule is Cc1ncsc1-c1ccc(CNC(=O)[C@@H]2C[C@@H](O)CN2C(=O)[C@@H](NC(=O)CCCCNC(=O)OCCC[C@H]2O[C@@H]3O[C@@]4(C)CC[C@H]5[C@H](C)CC[C@@H]([C@H]2C)[C@@]35OO4)C(C)(C)C)cc1. The molecule has 11 atom stereocenters. The third-order valence-electron chi connectivity index (χ3n) is 14.0. The average Bonchev–Trinajstić information content (AvgIpc) is 3.77. The van der Waals surface area contributed by atoms with E-state index in [0.29, 0.717) is 37.6 Å². The fraction of sp³-hybridized carbons (Fsp3) is 0.717. The number of aromatic nitrogens is 1. The molecule has 62 heavy (non-hydrogen) atoms. The Bertz CT molecular complexity index is 1910. The predicted molar refractivity (Wildman–Crippen MR) is 231 cm³/mol. The molecule has 1 aliphatic carbocycles. The van der Waals surface area contributed by atoms with Crippen molar-refractivity contribution >= 4 is 35.2 Å². The number of nitrogens with zero attached hydrogens (tertiary/aromatic N) is 2. The van der Waals surface area contributed by atoms with Crippen molar-refractivity contribution < 1.29 is 48.3 Å². The lowest BCUT2D eigenvalue weighted by Gasteiger charge is -2.60. The van der Waals surface area contributed by atoms with Gasteiger partial charge in [0, 0.05) is 44.8 Å². The van der Waals surface area contributed by atoms with Crippen LogP contribution in [-0.2, 0) is 44.9 Å². The van der Waals surface area contributed by atoms with Gasteiger partial charge in [0.05, 0.1) is 34.9 Å². The summed E-state index contributed by atoms with van der Waals surface area (Å²) in [7, 11) is 0. The first kappa shape index (κ1) is 46.3. The second kappa shape index (κ2) is 19.2. The number of ether oxygens (including phenoxy) is 3. The first-order valence-electron chi connectivity index (χ1n) is 22.6. The molecule has 2 aromatic rings. The number of rotatable bonds is 15. The lowest BCUT2D eigenvalue weighted by Crippen LogP contribution is -2.70. The Labute approximate surface area is 369 Å². The third-order valence-corrected chi connectivity index (χ3v) is 15.0. The molecule has 0 unspecified atom stereocenters. The van der Waals surface area contributed by atoms with Crippen LogP contribution in [0.4, 0.5) is 4.79 Å². The molecule has 0 radical (unpaired) electrons. The van der Waals surface area contributed by atoms with Crippen LogP contribution >= 0.6 is 11.3 Å². The molecule has 5 aliphatic heterocycles. The minimum Gasteiger partial charge on any atom is -0.450 e. The van der Waals surface area contributed by atoms with Crippen LogP contribution in [0.3, 0.4) is 0 Å². The van der Waals surface area contributed by atoms with Crippen molar-refractivity contribution in [3.8, 4) is 10.4 Å². The second-order valence-electron chi connectivity index (χ2n) is 19.5. The molecule has 4 N–H and O–H groups in total. The van der Waals surface area contributed by atoms with Gasteiger partial charge in [-0.3, -0.25) is 14.4 Å². The number of thiazole rings is 1. The maximum absolute atomic E-state index is 14.0. The Morgan fingerprint density at radius 2 is 1.81 bits per heavy atom. The normalized spacial score (nSPS) is 32.0. The van der Waals surface area contributed by atoms with Crippen molar-refractivity contribution in [1.29, 1.82) is 0 Å². The number of amides is 4. The molecule has 1 aromatic carbocycles. The zero-order valence-electron chi connectivity index (χ0n) is 37.4. The van der Waals surface area contributed by atoms with E-state index in [-0.39, 0.29) is 62.3 Å². The van der Waals surface area contributed by atoms with Crippen molar-refractivity contribution in [1.82, 2.24) is 25.8 Å². The molecule has 15 nitrogen and oxygen atoms in total. The Kier molecular flexibility index (Phi) is 14.3. The standard InChI is InChI=1S/C46H67N5O10S/c1-27-13-18-34-28(2)36(58-42-46(34)33(27)19-20-45(7,59-42)60-61-46)11-10-22-57-43(56)47-21-9-8-12-37(53)50-39(44(4,5)6)41(55)51-25-32(52)23-35(51)40(54)48-24-30-14-16-31(17-15-30)38-29(3)49-26-62-38/h14-17,26-28,32-36,39,42,52H,8-13,18-25H2,1-7H3,(H,47,56)(H,48,54)(H,50,53)/t27-,28-,32-,33+,34+,35+,36-,39-,42-,45-,46-/m1/s1. The van der Waals surface area contributed by atoms with Gasteiger partial charge < -0.3 is 40.2 Å². The van der Waals surface area contributed by atoms with Gasteiger partial charge in [-0.25, -0.2) is 19.6 Å². The highest BCUT2D eigenvalue weighted by molar-refractivity contribution is 7.13. The quantitative estimate of drug-likeness (QED) is 0.119. The lowest BCUT2D eigenvalue weighted by molar-refractivity contribution is -0.571. The van der Waals surface area contributed by atoms with Gasteiger partial charge in [-0.1, -0.05) is 58.9 Å². The van der Waals surface area contributed by atoms with Crippen molar-refractivity contribution in [3.05, 3.63) is 41.0 Å². The van der Waals surface area contributed by atoms with E-state index in [1.54, 1.807) is 11.3 Å². The van der Waals surface area contributed by atoms with Crippen LogP contribution in [0.15, 0.2) is 29.8 Å². The summed E-state index contributed by atoms with van der Waals surface area (Å²) in [5.74, 6) is -0.590. The fourth-order valence-electron chi connectivity index (χ4n) is 10.4. The number of hydrogen-bond donors (Lipinski definition) is 4. The smallest absolute Gasteiger partial charge is 0.407 e. The molecule has 6 heterocycles. The summed E-state index contributed by atoms with van der Waals surface area (Å²) < 4.78 is 18.6. The number of aliphatic hydroxyl groups is 1. The minimum absolute atomic E-state index is 0.00138. The molecular formula is C46H67N5O10S. The number of hydrogen-bond acceptors (Lipinski definition) is 12. The summed E-state index contributed by atoms with van der Waals surface area (Å²) in [4.78, 5) is 72.1. The number of aryl methyl sites for hydroxylation is 1. The van der Waals surface area contributed by atoms with Crippen LogP contribution in [0.1, 0.15) is 117 Å². The van der Waals surface area contributed by atoms with Gasteiger partial charge in [-0.15, -0.1) is 11.3 Å². The number of benzene rings is 1. The summed E-state index contributed by atoms with van der Waals surface area (Å²) >= 11 is 1.58. The number of carbonyl (C=O) groups excluding carboxylic acids is 4. The lowest BCUT2D eigenvalue weighted by atomic mass is 9.57.